The van der Waals surface area contributed by atoms with E-state index in [1.165, 1.54) is 25.8 Å². The second-order valence-electron chi connectivity index (χ2n) is 5.34. The second kappa shape index (κ2) is 5.17. The normalized spacial score (nSPS) is 26.9. The van der Waals surface area contributed by atoms with E-state index >= 15 is 0 Å². The number of carboxylic acids is 1. The van der Waals surface area contributed by atoms with Gasteiger partial charge in [0, 0.05) is 24.8 Å². The number of aromatic carboxylic acids is 1. The van der Waals surface area contributed by atoms with Gasteiger partial charge >= 0.3 is 5.97 Å². The summed E-state index contributed by atoms with van der Waals surface area (Å²) in [5.74, 6) is -0.415. The standard InChI is InChI=1S/C14H19N3O2/c18-14(19)10-4-3-7-15-13(10)16-11-6-9-17-8-2-1-5-12(11)17/h3-4,7,11-12H,1-2,5-6,8-9H2,(H,15,16)(H,18,19). The summed E-state index contributed by atoms with van der Waals surface area (Å²) in [5.41, 5.74) is 0.261. The smallest absolute Gasteiger partial charge is 0.339 e. The summed E-state index contributed by atoms with van der Waals surface area (Å²) in [5, 5.41) is 12.5. The number of aromatic nitrogens is 1. The minimum absolute atomic E-state index is 0.261. The Kier molecular flexibility index (Phi) is 3.38. The first kappa shape index (κ1) is 12.4. The highest BCUT2D eigenvalue weighted by atomic mass is 16.4. The van der Waals surface area contributed by atoms with Crippen LogP contribution in [0.4, 0.5) is 5.82 Å². The van der Waals surface area contributed by atoms with Gasteiger partial charge in [-0.2, -0.15) is 0 Å². The Bertz CT molecular complexity index is 478. The fraction of sp³-hybridized carbons (Fsp3) is 0.571. The van der Waals surface area contributed by atoms with Crippen LogP contribution < -0.4 is 5.32 Å². The topological polar surface area (TPSA) is 65.5 Å². The van der Waals surface area contributed by atoms with Crippen molar-refractivity contribution in [2.75, 3.05) is 18.4 Å². The molecule has 102 valence electrons. The number of rotatable bonds is 3. The van der Waals surface area contributed by atoms with Crippen molar-refractivity contribution in [3.8, 4) is 0 Å². The van der Waals surface area contributed by atoms with Crippen LogP contribution in [0.25, 0.3) is 0 Å². The lowest BCUT2D eigenvalue weighted by atomic mass is 9.99. The van der Waals surface area contributed by atoms with Crippen molar-refractivity contribution in [2.45, 2.75) is 37.8 Å². The maximum Gasteiger partial charge on any atom is 0.339 e. The number of anilines is 1. The van der Waals surface area contributed by atoms with Crippen LogP contribution in [0.1, 0.15) is 36.0 Å². The molecule has 2 unspecified atom stereocenters. The Morgan fingerprint density at radius 1 is 1.37 bits per heavy atom. The molecule has 2 fully saturated rings. The molecule has 2 saturated heterocycles. The van der Waals surface area contributed by atoms with E-state index in [1.807, 2.05) is 0 Å². The minimum Gasteiger partial charge on any atom is -0.478 e. The van der Waals surface area contributed by atoms with Gasteiger partial charge < -0.3 is 10.4 Å². The monoisotopic (exact) mass is 261 g/mol. The van der Waals surface area contributed by atoms with Gasteiger partial charge in [-0.15, -0.1) is 0 Å². The van der Waals surface area contributed by atoms with E-state index in [0.717, 1.165) is 13.0 Å². The lowest BCUT2D eigenvalue weighted by Crippen LogP contribution is -2.42. The largest absolute Gasteiger partial charge is 0.478 e. The van der Waals surface area contributed by atoms with Gasteiger partial charge in [0.25, 0.3) is 0 Å². The van der Waals surface area contributed by atoms with Gasteiger partial charge in [0.15, 0.2) is 0 Å². The first-order chi connectivity index (χ1) is 9.25. The average molecular weight is 261 g/mol. The van der Waals surface area contributed by atoms with Gasteiger partial charge in [-0.05, 0) is 37.9 Å². The second-order valence-corrected chi connectivity index (χ2v) is 5.34. The number of carbonyl (C=O) groups is 1. The number of fused-ring (bicyclic) bond motifs is 1. The van der Waals surface area contributed by atoms with Crippen LogP contribution in [0.5, 0.6) is 0 Å². The number of carboxylic acid groups (broad SMARTS) is 1. The zero-order chi connectivity index (χ0) is 13.2. The SMILES string of the molecule is O=C(O)c1cccnc1NC1CCN2CCCCC12. The van der Waals surface area contributed by atoms with Crippen LogP contribution in [0.3, 0.4) is 0 Å². The molecule has 2 atom stereocenters. The van der Waals surface area contributed by atoms with Crippen molar-refractivity contribution in [2.24, 2.45) is 0 Å². The summed E-state index contributed by atoms with van der Waals surface area (Å²) in [4.78, 5) is 17.9. The van der Waals surface area contributed by atoms with Crippen molar-refractivity contribution in [1.82, 2.24) is 9.88 Å². The van der Waals surface area contributed by atoms with Crippen molar-refractivity contribution >= 4 is 11.8 Å². The summed E-state index contributed by atoms with van der Waals surface area (Å²) in [6.45, 7) is 2.29. The molecule has 0 bridgehead atoms. The van der Waals surface area contributed by atoms with Crippen LogP contribution in [-0.4, -0.2) is 46.1 Å². The number of nitrogens with one attached hydrogen (secondary N) is 1. The molecular formula is C14H19N3O2. The first-order valence-electron chi connectivity index (χ1n) is 6.94. The quantitative estimate of drug-likeness (QED) is 0.869. The van der Waals surface area contributed by atoms with Crippen LogP contribution >= 0.6 is 0 Å². The van der Waals surface area contributed by atoms with Gasteiger partial charge in [-0.1, -0.05) is 6.42 Å². The van der Waals surface area contributed by atoms with Crippen molar-refractivity contribution in [3.63, 3.8) is 0 Å². The molecule has 5 nitrogen and oxygen atoms in total. The molecule has 0 aromatic carbocycles. The van der Waals surface area contributed by atoms with Gasteiger partial charge in [0.05, 0.1) is 0 Å². The van der Waals surface area contributed by atoms with Crippen LogP contribution in [0.15, 0.2) is 18.3 Å². The molecule has 0 radical (unpaired) electrons. The zero-order valence-electron chi connectivity index (χ0n) is 10.9. The maximum atomic E-state index is 11.2. The summed E-state index contributed by atoms with van der Waals surface area (Å²) < 4.78 is 0. The summed E-state index contributed by atoms with van der Waals surface area (Å²) in [7, 11) is 0. The Labute approximate surface area is 112 Å². The Balaban J connectivity index is 1.76. The molecule has 0 spiro atoms. The number of nitrogens with zero attached hydrogens (tertiary/aromatic N) is 2. The molecule has 2 aliphatic rings. The Hall–Kier alpha value is -1.62. The molecular weight excluding hydrogens is 242 g/mol. The molecule has 0 aliphatic carbocycles. The van der Waals surface area contributed by atoms with Gasteiger partial charge in [-0.25, -0.2) is 9.78 Å². The number of hydrogen-bond donors (Lipinski definition) is 2. The predicted molar refractivity (Wildman–Crippen MR) is 72.4 cm³/mol. The summed E-state index contributed by atoms with van der Waals surface area (Å²) in [6, 6.07) is 4.13. The molecule has 1 aromatic rings. The average Bonchev–Trinajstić information content (AvgIpc) is 2.83. The molecule has 1 aromatic heterocycles. The molecule has 19 heavy (non-hydrogen) atoms. The summed E-state index contributed by atoms with van der Waals surface area (Å²) in [6.07, 6.45) is 6.47. The molecule has 2 aliphatic heterocycles. The van der Waals surface area contributed by atoms with E-state index in [2.05, 4.69) is 15.2 Å². The van der Waals surface area contributed by atoms with E-state index in [9.17, 15) is 9.90 Å². The lowest BCUT2D eigenvalue weighted by Gasteiger charge is -2.32. The third-order valence-corrected chi connectivity index (χ3v) is 4.22. The fourth-order valence-corrected chi connectivity index (χ4v) is 3.28. The highest BCUT2D eigenvalue weighted by molar-refractivity contribution is 5.93. The highest BCUT2D eigenvalue weighted by Crippen LogP contribution is 2.29. The van der Waals surface area contributed by atoms with E-state index in [4.69, 9.17) is 0 Å². The van der Waals surface area contributed by atoms with E-state index in [1.54, 1.807) is 18.3 Å². The first-order valence-corrected chi connectivity index (χ1v) is 6.94. The fourth-order valence-electron chi connectivity index (χ4n) is 3.28. The van der Waals surface area contributed by atoms with E-state index in [0.29, 0.717) is 17.9 Å². The van der Waals surface area contributed by atoms with Crippen molar-refractivity contribution < 1.29 is 9.90 Å². The number of pyridine rings is 1. The molecule has 3 heterocycles. The van der Waals surface area contributed by atoms with Crippen LogP contribution in [0.2, 0.25) is 0 Å². The summed E-state index contributed by atoms with van der Waals surface area (Å²) >= 11 is 0. The van der Waals surface area contributed by atoms with E-state index < -0.39 is 5.97 Å². The number of hydrogen-bond acceptors (Lipinski definition) is 4. The number of piperidine rings is 1. The third-order valence-electron chi connectivity index (χ3n) is 4.22. The Morgan fingerprint density at radius 3 is 3.11 bits per heavy atom. The molecule has 2 N–H and O–H groups in total. The van der Waals surface area contributed by atoms with E-state index in [-0.39, 0.29) is 5.56 Å². The molecule has 3 rings (SSSR count). The lowest BCUT2D eigenvalue weighted by molar-refractivity contribution is 0.0697. The van der Waals surface area contributed by atoms with Crippen molar-refractivity contribution in [3.05, 3.63) is 23.9 Å². The Morgan fingerprint density at radius 2 is 2.26 bits per heavy atom. The molecule has 0 amide bonds. The van der Waals surface area contributed by atoms with Crippen LogP contribution in [-0.2, 0) is 0 Å². The van der Waals surface area contributed by atoms with Gasteiger partial charge in [0.2, 0.25) is 0 Å². The maximum absolute atomic E-state index is 11.2. The van der Waals surface area contributed by atoms with Gasteiger partial charge in [-0.3, -0.25) is 4.90 Å². The van der Waals surface area contributed by atoms with Crippen molar-refractivity contribution in [1.29, 1.82) is 0 Å². The zero-order valence-corrected chi connectivity index (χ0v) is 10.9. The van der Waals surface area contributed by atoms with Crippen LogP contribution in [0, 0.1) is 0 Å². The molecule has 5 heteroatoms. The highest BCUT2D eigenvalue weighted by Gasteiger charge is 2.35. The van der Waals surface area contributed by atoms with Gasteiger partial charge in [0.1, 0.15) is 11.4 Å². The molecule has 0 saturated carbocycles. The predicted octanol–water partition coefficient (Wildman–Crippen LogP) is 1.82. The minimum atomic E-state index is -0.922. The third kappa shape index (κ3) is 2.42.